The normalized spacial score (nSPS) is 9.93. The van der Waals surface area contributed by atoms with Crippen LogP contribution in [0.3, 0.4) is 0 Å². The average Bonchev–Trinajstić information content (AvgIpc) is 2.31. The SMILES string of the molecule is BrCc1ccccc1Oc1ccccc1. The molecule has 2 rings (SSSR count). The van der Waals surface area contributed by atoms with Crippen LogP contribution in [-0.2, 0) is 5.33 Å². The third-order valence-electron chi connectivity index (χ3n) is 2.09. The Morgan fingerprint density at radius 2 is 1.53 bits per heavy atom. The first-order valence-electron chi connectivity index (χ1n) is 4.77. The van der Waals surface area contributed by atoms with E-state index < -0.39 is 0 Å². The zero-order valence-corrected chi connectivity index (χ0v) is 9.78. The predicted molar refractivity (Wildman–Crippen MR) is 65.6 cm³/mol. The molecule has 0 spiro atoms. The Labute approximate surface area is 97.8 Å². The minimum absolute atomic E-state index is 0.802. The summed E-state index contributed by atoms with van der Waals surface area (Å²) in [5.41, 5.74) is 1.15. The molecular formula is C13H11BrO. The van der Waals surface area contributed by atoms with Crippen molar-refractivity contribution >= 4 is 15.9 Å². The van der Waals surface area contributed by atoms with Crippen molar-refractivity contribution in [3.63, 3.8) is 0 Å². The minimum atomic E-state index is 0.802. The summed E-state index contributed by atoms with van der Waals surface area (Å²) < 4.78 is 5.77. The van der Waals surface area contributed by atoms with Crippen LogP contribution in [0.4, 0.5) is 0 Å². The highest BCUT2D eigenvalue weighted by molar-refractivity contribution is 9.08. The van der Waals surface area contributed by atoms with Gasteiger partial charge in [-0.2, -0.15) is 0 Å². The Kier molecular flexibility index (Phi) is 3.41. The molecule has 0 saturated carbocycles. The van der Waals surface area contributed by atoms with Crippen LogP contribution in [0.25, 0.3) is 0 Å². The van der Waals surface area contributed by atoms with E-state index in [4.69, 9.17) is 4.74 Å². The van der Waals surface area contributed by atoms with Crippen molar-refractivity contribution in [3.05, 3.63) is 60.2 Å². The lowest BCUT2D eigenvalue weighted by atomic mass is 10.2. The van der Waals surface area contributed by atoms with Crippen molar-refractivity contribution in [2.45, 2.75) is 5.33 Å². The second kappa shape index (κ2) is 4.99. The molecule has 0 aromatic heterocycles. The highest BCUT2D eigenvalue weighted by atomic mass is 79.9. The lowest BCUT2D eigenvalue weighted by molar-refractivity contribution is 0.478. The third kappa shape index (κ3) is 2.60. The van der Waals surface area contributed by atoms with E-state index >= 15 is 0 Å². The van der Waals surface area contributed by atoms with Crippen molar-refractivity contribution in [1.82, 2.24) is 0 Å². The predicted octanol–water partition coefficient (Wildman–Crippen LogP) is 4.37. The summed E-state index contributed by atoms with van der Waals surface area (Å²) in [6.07, 6.45) is 0. The van der Waals surface area contributed by atoms with Gasteiger partial charge >= 0.3 is 0 Å². The summed E-state index contributed by atoms with van der Waals surface area (Å²) in [5, 5.41) is 0.802. The van der Waals surface area contributed by atoms with E-state index in [9.17, 15) is 0 Å². The molecule has 0 N–H and O–H groups in total. The van der Waals surface area contributed by atoms with Crippen molar-refractivity contribution in [2.75, 3.05) is 0 Å². The smallest absolute Gasteiger partial charge is 0.131 e. The highest BCUT2D eigenvalue weighted by Crippen LogP contribution is 2.26. The fourth-order valence-corrected chi connectivity index (χ4v) is 1.79. The van der Waals surface area contributed by atoms with Crippen LogP contribution in [0.15, 0.2) is 54.6 Å². The zero-order chi connectivity index (χ0) is 10.5. The summed E-state index contributed by atoms with van der Waals surface area (Å²) in [6, 6.07) is 17.8. The fraction of sp³-hybridized carbons (Fsp3) is 0.0769. The maximum absolute atomic E-state index is 5.77. The first kappa shape index (κ1) is 10.2. The second-order valence-electron chi connectivity index (χ2n) is 3.16. The quantitative estimate of drug-likeness (QED) is 0.747. The maximum atomic E-state index is 5.77. The topological polar surface area (TPSA) is 9.23 Å². The van der Waals surface area contributed by atoms with E-state index in [1.165, 1.54) is 0 Å². The molecule has 15 heavy (non-hydrogen) atoms. The third-order valence-corrected chi connectivity index (χ3v) is 2.69. The number of para-hydroxylation sites is 2. The van der Waals surface area contributed by atoms with Gasteiger partial charge in [-0.3, -0.25) is 0 Å². The molecule has 1 nitrogen and oxygen atoms in total. The molecule has 0 fully saturated rings. The van der Waals surface area contributed by atoms with Gasteiger partial charge in [-0.1, -0.05) is 52.3 Å². The molecule has 0 heterocycles. The van der Waals surface area contributed by atoms with E-state index in [2.05, 4.69) is 15.9 Å². The summed E-state index contributed by atoms with van der Waals surface area (Å²) in [4.78, 5) is 0. The molecular weight excluding hydrogens is 252 g/mol. The molecule has 2 aromatic carbocycles. The van der Waals surface area contributed by atoms with Crippen LogP contribution < -0.4 is 4.74 Å². The average molecular weight is 263 g/mol. The maximum Gasteiger partial charge on any atom is 0.131 e. The van der Waals surface area contributed by atoms with Crippen LogP contribution in [0.2, 0.25) is 0 Å². The number of alkyl halides is 1. The molecule has 0 saturated heterocycles. The number of ether oxygens (including phenoxy) is 1. The Hall–Kier alpha value is -1.28. The van der Waals surface area contributed by atoms with E-state index in [1.807, 2.05) is 54.6 Å². The number of hydrogen-bond donors (Lipinski definition) is 0. The molecule has 0 amide bonds. The monoisotopic (exact) mass is 262 g/mol. The lowest BCUT2D eigenvalue weighted by Crippen LogP contribution is -1.88. The van der Waals surface area contributed by atoms with E-state index in [1.54, 1.807) is 0 Å². The van der Waals surface area contributed by atoms with Gasteiger partial charge in [-0.15, -0.1) is 0 Å². The Morgan fingerprint density at radius 3 is 2.27 bits per heavy atom. The van der Waals surface area contributed by atoms with Gasteiger partial charge in [-0.05, 0) is 18.2 Å². The minimum Gasteiger partial charge on any atom is -0.457 e. The Bertz CT molecular complexity index is 426. The van der Waals surface area contributed by atoms with E-state index in [0.717, 1.165) is 22.4 Å². The molecule has 2 aromatic rings. The van der Waals surface area contributed by atoms with Crippen LogP contribution in [0.1, 0.15) is 5.56 Å². The number of halogens is 1. The van der Waals surface area contributed by atoms with Gasteiger partial charge in [0.25, 0.3) is 0 Å². The standard InChI is InChI=1S/C13H11BrO/c14-10-11-6-4-5-9-13(11)15-12-7-2-1-3-8-12/h1-9H,10H2. The van der Waals surface area contributed by atoms with Gasteiger partial charge in [0.15, 0.2) is 0 Å². The molecule has 2 heteroatoms. The Morgan fingerprint density at radius 1 is 0.867 bits per heavy atom. The fourth-order valence-electron chi connectivity index (χ4n) is 1.33. The van der Waals surface area contributed by atoms with Crippen LogP contribution in [-0.4, -0.2) is 0 Å². The van der Waals surface area contributed by atoms with E-state index in [0.29, 0.717) is 0 Å². The van der Waals surface area contributed by atoms with Crippen LogP contribution in [0, 0.1) is 0 Å². The molecule has 0 unspecified atom stereocenters. The van der Waals surface area contributed by atoms with Crippen molar-refractivity contribution < 1.29 is 4.74 Å². The van der Waals surface area contributed by atoms with Gasteiger partial charge in [-0.25, -0.2) is 0 Å². The number of benzene rings is 2. The molecule has 76 valence electrons. The molecule has 0 bridgehead atoms. The van der Waals surface area contributed by atoms with Crippen molar-refractivity contribution in [3.8, 4) is 11.5 Å². The summed E-state index contributed by atoms with van der Waals surface area (Å²) in [5.74, 6) is 1.77. The van der Waals surface area contributed by atoms with Gasteiger partial charge in [0.05, 0.1) is 0 Å². The molecule has 0 atom stereocenters. The molecule has 0 aliphatic heterocycles. The summed E-state index contributed by atoms with van der Waals surface area (Å²) in [7, 11) is 0. The van der Waals surface area contributed by atoms with Gasteiger partial charge < -0.3 is 4.74 Å². The second-order valence-corrected chi connectivity index (χ2v) is 3.72. The lowest BCUT2D eigenvalue weighted by Gasteiger charge is -2.08. The molecule has 0 radical (unpaired) electrons. The van der Waals surface area contributed by atoms with Gasteiger partial charge in [0, 0.05) is 10.9 Å². The van der Waals surface area contributed by atoms with Crippen molar-refractivity contribution in [2.24, 2.45) is 0 Å². The number of hydrogen-bond acceptors (Lipinski definition) is 1. The summed E-state index contributed by atoms with van der Waals surface area (Å²) in [6.45, 7) is 0. The first-order chi connectivity index (χ1) is 7.40. The van der Waals surface area contributed by atoms with Crippen LogP contribution >= 0.6 is 15.9 Å². The van der Waals surface area contributed by atoms with Gasteiger partial charge in [0.1, 0.15) is 11.5 Å². The zero-order valence-electron chi connectivity index (χ0n) is 8.19. The summed E-state index contributed by atoms with van der Waals surface area (Å²) >= 11 is 3.44. The number of rotatable bonds is 3. The Balaban J connectivity index is 2.24. The first-order valence-corrected chi connectivity index (χ1v) is 5.89. The molecule has 0 aliphatic rings. The van der Waals surface area contributed by atoms with Gasteiger partial charge in [0.2, 0.25) is 0 Å². The van der Waals surface area contributed by atoms with Crippen molar-refractivity contribution in [1.29, 1.82) is 0 Å². The largest absolute Gasteiger partial charge is 0.457 e. The van der Waals surface area contributed by atoms with Crippen LogP contribution in [0.5, 0.6) is 11.5 Å². The van der Waals surface area contributed by atoms with E-state index in [-0.39, 0.29) is 0 Å². The highest BCUT2D eigenvalue weighted by Gasteiger charge is 2.01. The molecule has 0 aliphatic carbocycles.